The van der Waals surface area contributed by atoms with Crippen molar-refractivity contribution in [3.8, 4) is 0 Å². The molecule has 0 atom stereocenters. The molecule has 0 fully saturated rings. The predicted molar refractivity (Wildman–Crippen MR) is 73.1 cm³/mol. The topological polar surface area (TPSA) is 61.4 Å². The van der Waals surface area contributed by atoms with E-state index >= 15 is 0 Å². The lowest BCUT2D eigenvalue weighted by Gasteiger charge is -2.21. The largest absolute Gasteiger partial charge is 0.351 e. The van der Waals surface area contributed by atoms with Crippen LogP contribution in [0.4, 0.5) is 0 Å². The molecule has 0 saturated carbocycles. The van der Waals surface area contributed by atoms with E-state index in [-0.39, 0.29) is 11.8 Å². The highest BCUT2D eigenvalue weighted by molar-refractivity contribution is 5.87. The number of hydrogen-bond donors (Lipinski definition) is 2. The number of carbonyl (C=O) groups is 2. The molecule has 2 amide bonds. The second kappa shape index (κ2) is 10.3. The summed E-state index contributed by atoms with van der Waals surface area (Å²) in [6.07, 6.45) is 4.22. The molecule has 0 aromatic heterocycles. The fourth-order valence-electron chi connectivity index (χ4n) is 1.27. The number of nitrogens with zero attached hydrogens (tertiary/aromatic N) is 1. The predicted octanol–water partition coefficient (Wildman–Crippen LogP) is 0.0788. The minimum atomic E-state index is -0.245. The van der Waals surface area contributed by atoms with Crippen molar-refractivity contribution in [1.29, 1.82) is 0 Å². The molecule has 5 nitrogen and oxygen atoms in total. The van der Waals surface area contributed by atoms with Crippen LogP contribution in [0.2, 0.25) is 0 Å². The zero-order valence-corrected chi connectivity index (χ0v) is 10.7. The highest BCUT2D eigenvalue weighted by Crippen LogP contribution is 1.89. The Labute approximate surface area is 108 Å². The van der Waals surface area contributed by atoms with Crippen molar-refractivity contribution >= 4 is 11.8 Å². The zero-order valence-electron chi connectivity index (χ0n) is 10.7. The first kappa shape index (κ1) is 16.1. The molecule has 0 radical (unpaired) electrons. The molecule has 0 aliphatic rings. The lowest BCUT2D eigenvalue weighted by molar-refractivity contribution is -0.126. The van der Waals surface area contributed by atoms with Crippen molar-refractivity contribution in [2.75, 3.05) is 32.7 Å². The third-order valence-electron chi connectivity index (χ3n) is 2.20. The van der Waals surface area contributed by atoms with Crippen LogP contribution in [0.3, 0.4) is 0 Å². The van der Waals surface area contributed by atoms with Crippen LogP contribution in [0.5, 0.6) is 0 Å². The Morgan fingerprint density at radius 1 is 1.06 bits per heavy atom. The molecule has 0 unspecified atom stereocenters. The van der Waals surface area contributed by atoms with Crippen LogP contribution in [0.25, 0.3) is 0 Å². The molecule has 0 rings (SSSR count). The average Bonchev–Trinajstić information content (AvgIpc) is 2.40. The minimum Gasteiger partial charge on any atom is -0.351 e. The summed E-state index contributed by atoms with van der Waals surface area (Å²) in [5, 5.41) is 5.73. The van der Waals surface area contributed by atoms with Gasteiger partial charge in [-0.2, -0.15) is 0 Å². The Hall–Kier alpha value is -1.88. The van der Waals surface area contributed by atoms with Crippen molar-refractivity contribution < 1.29 is 9.59 Å². The number of rotatable bonds is 10. The summed E-state index contributed by atoms with van der Waals surface area (Å²) in [7, 11) is 0. The quantitative estimate of drug-likeness (QED) is 0.328. The maximum atomic E-state index is 11.5. The van der Waals surface area contributed by atoms with E-state index in [1.807, 2.05) is 0 Å². The van der Waals surface area contributed by atoms with Crippen molar-refractivity contribution in [3.63, 3.8) is 0 Å². The maximum absolute atomic E-state index is 11.5. The van der Waals surface area contributed by atoms with Crippen LogP contribution >= 0.6 is 0 Å². The smallest absolute Gasteiger partial charge is 0.246 e. The van der Waals surface area contributed by atoms with Gasteiger partial charge in [0.15, 0.2) is 0 Å². The number of nitrogens with one attached hydrogen (secondary N) is 2. The Bertz CT molecular complexity index is 313. The number of carbonyl (C=O) groups excluding carboxylic acids is 2. The summed E-state index contributed by atoms with van der Waals surface area (Å²) in [6.45, 7) is 13.2. The lowest BCUT2D eigenvalue weighted by Crippen LogP contribution is -2.40. The summed E-state index contributed by atoms with van der Waals surface area (Å²) >= 11 is 0. The normalized spacial score (nSPS) is 9.33. The van der Waals surface area contributed by atoms with E-state index in [0.29, 0.717) is 32.7 Å². The summed E-state index contributed by atoms with van der Waals surface area (Å²) < 4.78 is 0. The van der Waals surface area contributed by atoms with Crippen LogP contribution in [0, 0.1) is 0 Å². The molecule has 0 aromatic carbocycles. The van der Waals surface area contributed by atoms with E-state index in [2.05, 4.69) is 30.4 Å². The molecule has 5 heteroatoms. The van der Waals surface area contributed by atoms with Crippen LogP contribution in [0.1, 0.15) is 0 Å². The van der Waals surface area contributed by atoms with Crippen molar-refractivity contribution in [1.82, 2.24) is 15.5 Å². The van der Waals surface area contributed by atoms with Gasteiger partial charge < -0.3 is 15.5 Å². The molecule has 100 valence electrons. The molecule has 0 bridgehead atoms. The number of hydrogen-bond acceptors (Lipinski definition) is 3. The monoisotopic (exact) mass is 251 g/mol. The third-order valence-corrected chi connectivity index (χ3v) is 2.20. The molecule has 2 N–H and O–H groups in total. The van der Waals surface area contributed by atoms with E-state index in [9.17, 15) is 9.59 Å². The summed E-state index contributed by atoms with van der Waals surface area (Å²) in [6, 6.07) is 0. The minimum absolute atomic E-state index is 0.150. The van der Waals surface area contributed by atoms with E-state index in [1.54, 1.807) is 11.0 Å². The Morgan fingerprint density at radius 3 is 2.28 bits per heavy atom. The molecule has 0 saturated heterocycles. The lowest BCUT2D eigenvalue weighted by atomic mass is 10.4. The van der Waals surface area contributed by atoms with E-state index in [1.165, 1.54) is 12.2 Å². The standard InChI is InChI=1S/C13H21N3O2/c1-4-7-14-8-10-16(13(18)6-3)11-9-15-12(17)5-2/h4-6,14H,1-3,7-11H2,(H,15,17). The van der Waals surface area contributed by atoms with E-state index in [4.69, 9.17) is 0 Å². The third kappa shape index (κ3) is 7.40. The Morgan fingerprint density at radius 2 is 1.72 bits per heavy atom. The first-order chi connectivity index (χ1) is 8.65. The van der Waals surface area contributed by atoms with Gasteiger partial charge in [0.05, 0.1) is 0 Å². The Balaban J connectivity index is 4.02. The molecule has 0 spiro atoms. The molecule has 0 heterocycles. The van der Waals surface area contributed by atoms with Crippen LogP contribution in [-0.4, -0.2) is 49.4 Å². The van der Waals surface area contributed by atoms with Crippen LogP contribution < -0.4 is 10.6 Å². The van der Waals surface area contributed by atoms with Crippen molar-refractivity contribution in [3.05, 3.63) is 38.0 Å². The van der Waals surface area contributed by atoms with Gasteiger partial charge in [-0.25, -0.2) is 0 Å². The average molecular weight is 251 g/mol. The molecular weight excluding hydrogens is 230 g/mol. The SMILES string of the molecule is C=CCNCCN(CCNC(=O)C=C)C(=O)C=C. The van der Waals surface area contributed by atoms with Gasteiger partial charge in [-0.05, 0) is 12.2 Å². The van der Waals surface area contributed by atoms with Gasteiger partial charge in [0, 0.05) is 32.7 Å². The number of amides is 2. The van der Waals surface area contributed by atoms with Gasteiger partial charge in [-0.1, -0.05) is 19.2 Å². The first-order valence-corrected chi connectivity index (χ1v) is 5.79. The zero-order chi connectivity index (χ0) is 13.8. The maximum Gasteiger partial charge on any atom is 0.246 e. The summed E-state index contributed by atoms with van der Waals surface area (Å²) in [5.74, 6) is -0.394. The molecular formula is C13H21N3O2. The second-order valence-corrected chi connectivity index (χ2v) is 3.52. The second-order valence-electron chi connectivity index (χ2n) is 3.52. The highest BCUT2D eigenvalue weighted by atomic mass is 16.2. The van der Waals surface area contributed by atoms with Gasteiger partial charge in [0.2, 0.25) is 11.8 Å². The van der Waals surface area contributed by atoms with Crippen molar-refractivity contribution in [2.45, 2.75) is 0 Å². The van der Waals surface area contributed by atoms with Crippen LogP contribution in [-0.2, 0) is 9.59 Å². The molecule has 18 heavy (non-hydrogen) atoms. The first-order valence-electron chi connectivity index (χ1n) is 5.79. The summed E-state index contributed by atoms with van der Waals surface area (Å²) in [4.78, 5) is 24.1. The van der Waals surface area contributed by atoms with Crippen molar-refractivity contribution in [2.24, 2.45) is 0 Å². The fraction of sp³-hybridized carbons (Fsp3) is 0.385. The van der Waals surface area contributed by atoms with Gasteiger partial charge in [0.1, 0.15) is 0 Å². The van der Waals surface area contributed by atoms with Gasteiger partial charge >= 0.3 is 0 Å². The highest BCUT2D eigenvalue weighted by Gasteiger charge is 2.09. The van der Waals surface area contributed by atoms with Gasteiger partial charge in [0.25, 0.3) is 0 Å². The van der Waals surface area contributed by atoms with Crippen LogP contribution in [0.15, 0.2) is 38.0 Å². The molecule has 0 aliphatic heterocycles. The van der Waals surface area contributed by atoms with Gasteiger partial charge in [-0.3, -0.25) is 9.59 Å². The van der Waals surface area contributed by atoms with E-state index in [0.717, 1.165) is 0 Å². The summed E-state index contributed by atoms with van der Waals surface area (Å²) in [5.41, 5.74) is 0. The Kier molecular flexibility index (Phi) is 9.21. The van der Waals surface area contributed by atoms with Gasteiger partial charge in [-0.15, -0.1) is 6.58 Å². The van der Waals surface area contributed by atoms with E-state index < -0.39 is 0 Å². The molecule has 0 aliphatic carbocycles. The fourth-order valence-corrected chi connectivity index (χ4v) is 1.27. The molecule has 0 aromatic rings.